The monoisotopic (exact) mass is 276 g/mol. The molecule has 1 unspecified atom stereocenters. The van der Waals surface area contributed by atoms with Gasteiger partial charge in [0.05, 0.1) is 23.6 Å². The van der Waals surface area contributed by atoms with Crippen molar-refractivity contribution in [3.63, 3.8) is 0 Å². The molecule has 0 amide bonds. The van der Waals surface area contributed by atoms with Crippen molar-refractivity contribution in [1.29, 1.82) is 0 Å². The van der Waals surface area contributed by atoms with E-state index in [2.05, 4.69) is 15.5 Å². The summed E-state index contributed by atoms with van der Waals surface area (Å²) in [6, 6.07) is 1.83. The molecule has 2 rings (SSSR count). The number of hydrogen-bond acceptors (Lipinski definition) is 5. The van der Waals surface area contributed by atoms with E-state index in [1.807, 2.05) is 20.8 Å². The van der Waals surface area contributed by atoms with Crippen LogP contribution in [0.2, 0.25) is 0 Å². The zero-order chi connectivity index (χ0) is 14.0. The lowest BCUT2D eigenvalue weighted by molar-refractivity contribution is 0.392. The topological polar surface area (TPSA) is 77.0 Å². The second kappa shape index (κ2) is 5.36. The molecule has 2 aromatic heterocycles. The summed E-state index contributed by atoms with van der Waals surface area (Å²) in [6.07, 6.45) is 3.38. The van der Waals surface area contributed by atoms with Crippen molar-refractivity contribution in [1.82, 2.24) is 10.1 Å². The minimum atomic E-state index is 0.0311. The molecule has 0 aliphatic rings. The first kappa shape index (κ1) is 13.5. The van der Waals surface area contributed by atoms with E-state index in [-0.39, 0.29) is 6.04 Å². The molecular weight excluding hydrogens is 260 g/mol. The third kappa shape index (κ3) is 2.73. The smallest absolute Gasteiger partial charge is 0.139 e. The van der Waals surface area contributed by atoms with Gasteiger partial charge in [0.1, 0.15) is 10.7 Å². The zero-order valence-corrected chi connectivity index (χ0v) is 11.9. The molecule has 0 spiro atoms. The molecule has 1 atom stereocenters. The van der Waals surface area contributed by atoms with Crippen molar-refractivity contribution < 1.29 is 4.52 Å². The van der Waals surface area contributed by atoms with Gasteiger partial charge in [-0.1, -0.05) is 17.4 Å². The fraction of sp³-hybridized carbons (Fsp3) is 0.308. The van der Waals surface area contributed by atoms with E-state index in [0.717, 1.165) is 28.3 Å². The van der Waals surface area contributed by atoms with Gasteiger partial charge < -0.3 is 15.6 Å². The van der Waals surface area contributed by atoms with Crippen molar-refractivity contribution in [3.05, 3.63) is 41.0 Å². The van der Waals surface area contributed by atoms with Crippen LogP contribution in [0.5, 0.6) is 0 Å². The van der Waals surface area contributed by atoms with E-state index in [1.165, 1.54) is 0 Å². The predicted octanol–water partition coefficient (Wildman–Crippen LogP) is 2.49. The second-order valence-corrected chi connectivity index (χ2v) is 4.83. The Morgan fingerprint density at radius 3 is 2.79 bits per heavy atom. The Bertz CT molecular complexity index is 589. The van der Waals surface area contributed by atoms with Gasteiger partial charge in [0, 0.05) is 17.3 Å². The van der Waals surface area contributed by atoms with Crippen LogP contribution in [0.25, 0.3) is 0 Å². The number of aromatic nitrogens is 2. The van der Waals surface area contributed by atoms with Gasteiger partial charge in [0.15, 0.2) is 0 Å². The molecule has 0 aliphatic carbocycles. The lowest BCUT2D eigenvalue weighted by Gasteiger charge is -2.17. The van der Waals surface area contributed by atoms with Gasteiger partial charge in [-0.25, -0.2) is 0 Å². The Labute approximate surface area is 117 Å². The molecule has 5 nitrogen and oxygen atoms in total. The number of thiocarbonyl (C=S) groups is 1. The van der Waals surface area contributed by atoms with Crippen LogP contribution in [0.15, 0.2) is 23.0 Å². The van der Waals surface area contributed by atoms with Crippen LogP contribution in [0.1, 0.15) is 35.5 Å². The number of hydrogen-bond donors (Lipinski definition) is 2. The summed E-state index contributed by atoms with van der Waals surface area (Å²) in [5.74, 6) is 0.804. The third-order valence-electron chi connectivity index (χ3n) is 2.98. The van der Waals surface area contributed by atoms with Gasteiger partial charge in [0.2, 0.25) is 0 Å². The SMILES string of the molecule is Cc1noc(C)c1C(C)Nc1cnccc1C(N)=S. The Morgan fingerprint density at radius 2 is 2.21 bits per heavy atom. The molecular formula is C13H16N4OS. The highest BCUT2D eigenvalue weighted by molar-refractivity contribution is 7.80. The minimum absolute atomic E-state index is 0.0311. The molecule has 0 radical (unpaired) electrons. The first-order valence-electron chi connectivity index (χ1n) is 5.93. The number of pyridine rings is 1. The van der Waals surface area contributed by atoms with E-state index in [9.17, 15) is 0 Å². The summed E-state index contributed by atoms with van der Waals surface area (Å²) in [7, 11) is 0. The fourth-order valence-corrected chi connectivity index (χ4v) is 2.32. The summed E-state index contributed by atoms with van der Waals surface area (Å²) in [5.41, 5.74) is 9.20. The van der Waals surface area contributed by atoms with Gasteiger partial charge >= 0.3 is 0 Å². The maximum absolute atomic E-state index is 5.70. The average Bonchev–Trinajstić information content (AvgIpc) is 2.69. The summed E-state index contributed by atoms with van der Waals surface area (Å²) in [4.78, 5) is 4.43. The quantitative estimate of drug-likeness (QED) is 0.835. The van der Waals surface area contributed by atoms with Crippen molar-refractivity contribution in [3.8, 4) is 0 Å². The molecule has 0 aromatic carbocycles. The number of nitrogens with one attached hydrogen (secondary N) is 1. The van der Waals surface area contributed by atoms with Crippen LogP contribution in [-0.2, 0) is 0 Å². The minimum Gasteiger partial charge on any atom is -0.389 e. The molecule has 2 heterocycles. The molecule has 0 aliphatic heterocycles. The van der Waals surface area contributed by atoms with Crippen molar-refractivity contribution in [2.24, 2.45) is 5.73 Å². The molecule has 0 fully saturated rings. The lowest BCUT2D eigenvalue weighted by atomic mass is 10.1. The standard InChI is InChI=1S/C13H16N4OS/c1-7(12-8(2)17-18-9(12)3)16-11-6-15-5-4-10(11)13(14)19/h4-7,16H,1-3H3,(H2,14,19). The first-order chi connectivity index (χ1) is 9.00. The summed E-state index contributed by atoms with van der Waals surface area (Å²) in [5, 5.41) is 7.30. The number of nitrogens with two attached hydrogens (primary N) is 1. The van der Waals surface area contributed by atoms with E-state index in [1.54, 1.807) is 18.5 Å². The zero-order valence-electron chi connectivity index (χ0n) is 11.1. The summed E-state index contributed by atoms with van der Waals surface area (Å²) in [6.45, 7) is 5.84. The van der Waals surface area contributed by atoms with Crippen molar-refractivity contribution >= 4 is 22.9 Å². The maximum atomic E-state index is 5.70. The summed E-state index contributed by atoms with van der Waals surface area (Å²) < 4.78 is 5.18. The maximum Gasteiger partial charge on any atom is 0.139 e. The highest BCUT2D eigenvalue weighted by Gasteiger charge is 2.17. The van der Waals surface area contributed by atoms with E-state index in [4.69, 9.17) is 22.5 Å². The third-order valence-corrected chi connectivity index (χ3v) is 3.20. The number of rotatable bonds is 4. The molecule has 3 N–H and O–H groups in total. The highest BCUT2D eigenvalue weighted by Crippen LogP contribution is 2.26. The number of nitrogens with zero attached hydrogens (tertiary/aromatic N) is 2. The molecule has 2 aromatic rings. The number of anilines is 1. The van der Waals surface area contributed by atoms with Crippen LogP contribution in [-0.4, -0.2) is 15.1 Å². The Balaban J connectivity index is 2.29. The first-order valence-corrected chi connectivity index (χ1v) is 6.34. The van der Waals surface area contributed by atoms with Crippen LogP contribution in [0.4, 0.5) is 5.69 Å². The van der Waals surface area contributed by atoms with Gasteiger partial charge in [0.25, 0.3) is 0 Å². The predicted molar refractivity (Wildman–Crippen MR) is 78.1 cm³/mol. The van der Waals surface area contributed by atoms with E-state index >= 15 is 0 Å². The lowest BCUT2D eigenvalue weighted by Crippen LogP contribution is -2.16. The Hall–Kier alpha value is -1.95. The molecule has 100 valence electrons. The van der Waals surface area contributed by atoms with Crippen LogP contribution < -0.4 is 11.1 Å². The van der Waals surface area contributed by atoms with Gasteiger partial charge in [-0.2, -0.15) is 0 Å². The molecule has 19 heavy (non-hydrogen) atoms. The molecule has 6 heteroatoms. The normalized spacial score (nSPS) is 12.2. The fourth-order valence-electron chi connectivity index (χ4n) is 2.14. The van der Waals surface area contributed by atoms with E-state index in [0.29, 0.717) is 4.99 Å². The van der Waals surface area contributed by atoms with Crippen molar-refractivity contribution in [2.45, 2.75) is 26.8 Å². The average molecular weight is 276 g/mol. The van der Waals surface area contributed by atoms with Gasteiger partial charge in [-0.3, -0.25) is 4.98 Å². The number of aryl methyl sites for hydroxylation is 2. The van der Waals surface area contributed by atoms with Gasteiger partial charge in [-0.05, 0) is 26.8 Å². The molecule has 0 saturated carbocycles. The van der Waals surface area contributed by atoms with Crippen LogP contribution in [0.3, 0.4) is 0 Å². The van der Waals surface area contributed by atoms with Crippen LogP contribution in [0, 0.1) is 13.8 Å². The highest BCUT2D eigenvalue weighted by atomic mass is 32.1. The van der Waals surface area contributed by atoms with Gasteiger partial charge in [-0.15, -0.1) is 0 Å². The summed E-state index contributed by atoms with van der Waals surface area (Å²) >= 11 is 5.03. The Kier molecular flexibility index (Phi) is 3.80. The van der Waals surface area contributed by atoms with E-state index < -0.39 is 0 Å². The second-order valence-electron chi connectivity index (χ2n) is 4.39. The van der Waals surface area contributed by atoms with Crippen molar-refractivity contribution in [2.75, 3.05) is 5.32 Å². The largest absolute Gasteiger partial charge is 0.389 e. The molecule has 0 saturated heterocycles. The van der Waals surface area contributed by atoms with Crippen LogP contribution >= 0.6 is 12.2 Å². The molecule has 0 bridgehead atoms. The Morgan fingerprint density at radius 1 is 1.47 bits per heavy atom.